The van der Waals surface area contributed by atoms with Crippen molar-refractivity contribution in [1.82, 2.24) is 5.43 Å². The number of piperidine rings is 1. The van der Waals surface area contributed by atoms with Crippen LogP contribution in [0.3, 0.4) is 0 Å². The van der Waals surface area contributed by atoms with Gasteiger partial charge in [-0.25, -0.2) is 5.43 Å². The van der Waals surface area contributed by atoms with E-state index < -0.39 is 0 Å². The smallest absolute Gasteiger partial charge is 0.243 e. The lowest BCUT2D eigenvalue weighted by Crippen LogP contribution is -3.11. The molecule has 2 aromatic carbocycles. The number of fused-ring (bicyclic) bond motifs is 1. The number of hydrazone groups is 1. The molecule has 0 saturated carbocycles. The largest absolute Gasteiger partial charge is 0.454 e. The third-order valence-electron chi connectivity index (χ3n) is 5.22. The first kappa shape index (κ1) is 18.8. The third-order valence-corrected chi connectivity index (χ3v) is 5.47. The van der Waals surface area contributed by atoms with E-state index in [-0.39, 0.29) is 18.6 Å². The Morgan fingerprint density at radius 1 is 1.14 bits per heavy atom. The number of hydrogen-bond donors (Lipinski definition) is 2. The molecule has 0 aromatic heterocycles. The Morgan fingerprint density at radius 3 is 2.68 bits per heavy atom. The fraction of sp³-hybridized carbons (Fsp3) is 0.333. The maximum atomic E-state index is 12.4. The van der Waals surface area contributed by atoms with Crippen molar-refractivity contribution in [1.29, 1.82) is 0 Å². The van der Waals surface area contributed by atoms with E-state index in [2.05, 4.69) is 22.7 Å². The minimum absolute atomic E-state index is 0.0115. The summed E-state index contributed by atoms with van der Waals surface area (Å²) in [6.45, 7) is 3.17. The minimum atomic E-state index is -0.0115. The van der Waals surface area contributed by atoms with Crippen LogP contribution in [-0.2, 0) is 11.3 Å². The summed E-state index contributed by atoms with van der Waals surface area (Å²) < 4.78 is 10.6. The SMILES string of the molecule is O=C(N/N=C\c1ccc2c(c1)OCO2)C1CC[NH+](Cc2ccc(Cl)cc2)CC1. The summed E-state index contributed by atoms with van der Waals surface area (Å²) in [7, 11) is 0. The van der Waals surface area contributed by atoms with Crippen LogP contribution in [0.25, 0.3) is 0 Å². The number of rotatable bonds is 5. The number of quaternary nitrogens is 1. The van der Waals surface area contributed by atoms with Gasteiger partial charge < -0.3 is 14.4 Å². The monoisotopic (exact) mass is 400 g/mol. The van der Waals surface area contributed by atoms with Crippen LogP contribution in [0.1, 0.15) is 24.0 Å². The molecule has 2 N–H and O–H groups in total. The number of amides is 1. The zero-order chi connectivity index (χ0) is 19.3. The molecule has 0 radical (unpaired) electrons. The van der Waals surface area contributed by atoms with Gasteiger partial charge in [0, 0.05) is 23.4 Å². The minimum Gasteiger partial charge on any atom is -0.454 e. The lowest BCUT2D eigenvalue weighted by Gasteiger charge is -2.28. The van der Waals surface area contributed by atoms with Crippen molar-refractivity contribution in [2.24, 2.45) is 11.0 Å². The zero-order valence-corrected chi connectivity index (χ0v) is 16.2. The van der Waals surface area contributed by atoms with E-state index in [9.17, 15) is 4.79 Å². The Hall–Kier alpha value is -2.57. The van der Waals surface area contributed by atoms with E-state index in [1.165, 1.54) is 10.5 Å². The molecule has 146 valence electrons. The second kappa shape index (κ2) is 8.63. The molecule has 2 aliphatic heterocycles. The normalized spacial score (nSPS) is 21.0. The molecule has 2 heterocycles. The second-order valence-corrected chi connectivity index (χ2v) is 7.61. The van der Waals surface area contributed by atoms with Crippen LogP contribution >= 0.6 is 11.6 Å². The molecule has 1 fully saturated rings. The highest BCUT2D eigenvalue weighted by Crippen LogP contribution is 2.31. The van der Waals surface area contributed by atoms with Gasteiger partial charge in [0.25, 0.3) is 0 Å². The molecule has 6 nitrogen and oxygen atoms in total. The first-order valence-corrected chi connectivity index (χ1v) is 9.86. The highest BCUT2D eigenvalue weighted by Gasteiger charge is 2.27. The summed E-state index contributed by atoms with van der Waals surface area (Å²) in [5.41, 5.74) is 4.80. The van der Waals surface area contributed by atoms with E-state index in [1.807, 2.05) is 30.3 Å². The Labute approximate surface area is 169 Å². The fourth-order valence-electron chi connectivity index (χ4n) is 3.61. The molecule has 1 saturated heterocycles. The summed E-state index contributed by atoms with van der Waals surface area (Å²) in [5, 5.41) is 4.86. The van der Waals surface area contributed by atoms with Gasteiger partial charge in [-0.3, -0.25) is 4.79 Å². The molecule has 0 aliphatic carbocycles. The summed E-state index contributed by atoms with van der Waals surface area (Å²) in [6, 6.07) is 13.5. The van der Waals surface area contributed by atoms with E-state index >= 15 is 0 Å². The standard InChI is InChI=1S/C21H22ClN3O3/c22-18-4-1-15(2-5-18)13-25-9-7-17(8-10-25)21(26)24-23-12-16-3-6-19-20(11-16)28-14-27-19/h1-6,11-12,17H,7-10,13-14H2,(H,24,26)/p+1/b23-12-. The molecule has 7 heteroatoms. The molecule has 0 unspecified atom stereocenters. The predicted molar refractivity (Wildman–Crippen MR) is 107 cm³/mol. The number of likely N-dealkylation sites (tertiary alicyclic amines) is 1. The Bertz CT molecular complexity index is 862. The number of ether oxygens (including phenoxy) is 2. The number of nitrogens with zero attached hydrogens (tertiary/aromatic N) is 1. The van der Waals surface area contributed by atoms with Crippen molar-refractivity contribution < 1.29 is 19.2 Å². The molecule has 0 atom stereocenters. The maximum Gasteiger partial charge on any atom is 0.243 e. The summed E-state index contributed by atoms with van der Waals surface area (Å²) >= 11 is 5.94. The fourth-order valence-corrected chi connectivity index (χ4v) is 3.74. The quantitative estimate of drug-likeness (QED) is 0.596. The Balaban J connectivity index is 1.23. The molecule has 2 aliphatic rings. The van der Waals surface area contributed by atoms with Gasteiger partial charge in [-0.15, -0.1) is 0 Å². The van der Waals surface area contributed by atoms with Gasteiger partial charge in [0.2, 0.25) is 12.7 Å². The molecule has 0 spiro atoms. The lowest BCUT2D eigenvalue weighted by atomic mass is 9.96. The highest BCUT2D eigenvalue weighted by molar-refractivity contribution is 6.30. The molecule has 0 bridgehead atoms. The molecule has 28 heavy (non-hydrogen) atoms. The van der Waals surface area contributed by atoms with Crippen molar-refractivity contribution in [3.63, 3.8) is 0 Å². The zero-order valence-electron chi connectivity index (χ0n) is 15.5. The number of hydrogen-bond acceptors (Lipinski definition) is 4. The van der Waals surface area contributed by atoms with Crippen LogP contribution in [0.15, 0.2) is 47.6 Å². The first-order chi connectivity index (χ1) is 13.7. The van der Waals surface area contributed by atoms with Crippen molar-refractivity contribution in [3.05, 3.63) is 58.6 Å². The predicted octanol–water partition coefficient (Wildman–Crippen LogP) is 2.01. The average molecular weight is 401 g/mol. The van der Waals surface area contributed by atoms with Crippen LogP contribution in [0.2, 0.25) is 5.02 Å². The second-order valence-electron chi connectivity index (χ2n) is 7.17. The van der Waals surface area contributed by atoms with Gasteiger partial charge >= 0.3 is 0 Å². The van der Waals surface area contributed by atoms with Crippen molar-refractivity contribution in [2.45, 2.75) is 19.4 Å². The lowest BCUT2D eigenvalue weighted by molar-refractivity contribution is -0.919. The number of nitrogens with one attached hydrogen (secondary N) is 2. The van der Waals surface area contributed by atoms with E-state index in [1.54, 1.807) is 6.21 Å². The molecular formula is C21H23ClN3O3+. The van der Waals surface area contributed by atoms with Crippen molar-refractivity contribution in [3.8, 4) is 11.5 Å². The Kier molecular flexibility index (Phi) is 5.78. The number of carbonyl (C=O) groups excluding carboxylic acids is 1. The van der Waals surface area contributed by atoms with Crippen LogP contribution in [0.5, 0.6) is 11.5 Å². The van der Waals surface area contributed by atoms with Crippen LogP contribution in [-0.4, -0.2) is 32.0 Å². The van der Waals surface area contributed by atoms with E-state index in [0.717, 1.165) is 48.8 Å². The van der Waals surface area contributed by atoms with Crippen LogP contribution in [0.4, 0.5) is 0 Å². The highest BCUT2D eigenvalue weighted by atomic mass is 35.5. The molecule has 2 aromatic rings. The average Bonchev–Trinajstić information content (AvgIpc) is 3.18. The number of benzene rings is 2. The van der Waals surface area contributed by atoms with Gasteiger partial charge in [0.1, 0.15) is 6.54 Å². The first-order valence-electron chi connectivity index (χ1n) is 9.48. The third kappa shape index (κ3) is 4.64. The molecule has 4 rings (SSSR count). The van der Waals surface area contributed by atoms with Gasteiger partial charge in [0.05, 0.1) is 25.2 Å². The molecular weight excluding hydrogens is 378 g/mol. The summed E-state index contributed by atoms with van der Waals surface area (Å²) in [6.07, 6.45) is 3.36. The van der Waals surface area contributed by atoms with Gasteiger partial charge in [0.15, 0.2) is 11.5 Å². The summed E-state index contributed by atoms with van der Waals surface area (Å²) in [5.74, 6) is 1.44. The summed E-state index contributed by atoms with van der Waals surface area (Å²) in [4.78, 5) is 13.9. The van der Waals surface area contributed by atoms with Gasteiger partial charge in [-0.05, 0) is 35.9 Å². The number of carbonyl (C=O) groups is 1. The van der Waals surface area contributed by atoms with Gasteiger partial charge in [-0.1, -0.05) is 23.7 Å². The van der Waals surface area contributed by atoms with E-state index in [0.29, 0.717) is 5.75 Å². The molecule has 1 amide bonds. The van der Waals surface area contributed by atoms with E-state index in [4.69, 9.17) is 21.1 Å². The van der Waals surface area contributed by atoms with Gasteiger partial charge in [-0.2, -0.15) is 5.10 Å². The maximum absolute atomic E-state index is 12.4. The Morgan fingerprint density at radius 2 is 1.89 bits per heavy atom. The van der Waals surface area contributed by atoms with Crippen LogP contribution < -0.4 is 19.8 Å². The topological polar surface area (TPSA) is 64.4 Å². The van der Waals surface area contributed by atoms with Crippen molar-refractivity contribution >= 4 is 23.7 Å². The number of halogens is 1. The van der Waals surface area contributed by atoms with Crippen LogP contribution in [0, 0.1) is 5.92 Å². The van der Waals surface area contributed by atoms with Crippen molar-refractivity contribution in [2.75, 3.05) is 19.9 Å².